The maximum Gasteiger partial charge on any atom is 0.253 e. The number of imidazole rings is 1. The number of nitrogens with one attached hydrogen (secondary N) is 2. The fourth-order valence-corrected chi connectivity index (χ4v) is 4.82. The van der Waals surface area contributed by atoms with Crippen LogP contribution in [0.15, 0.2) is 53.2 Å². The molecule has 1 atom stereocenters. The van der Waals surface area contributed by atoms with E-state index in [0.717, 1.165) is 27.8 Å². The van der Waals surface area contributed by atoms with Gasteiger partial charge in [-0.05, 0) is 71.3 Å². The van der Waals surface area contributed by atoms with Gasteiger partial charge in [0.2, 0.25) is 0 Å². The second kappa shape index (κ2) is 8.97. The van der Waals surface area contributed by atoms with Gasteiger partial charge in [0.05, 0.1) is 17.6 Å². The van der Waals surface area contributed by atoms with Crippen LogP contribution in [0, 0.1) is 6.92 Å². The first-order valence-corrected chi connectivity index (χ1v) is 11.8. The van der Waals surface area contributed by atoms with Crippen LogP contribution in [0.25, 0.3) is 11.0 Å². The molecule has 33 heavy (non-hydrogen) atoms. The maximum atomic E-state index is 13.2. The average Bonchev–Trinajstić information content (AvgIpc) is 3.47. The summed E-state index contributed by atoms with van der Waals surface area (Å²) in [6, 6.07) is 12.3. The van der Waals surface area contributed by atoms with Gasteiger partial charge >= 0.3 is 0 Å². The van der Waals surface area contributed by atoms with Crippen molar-refractivity contribution < 1.29 is 14.3 Å². The Kier molecular flexibility index (Phi) is 5.88. The highest BCUT2D eigenvalue weighted by Gasteiger charge is 2.24. The summed E-state index contributed by atoms with van der Waals surface area (Å²) < 4.78 is 5.21. The highest BCUT2D eigenvalue weighted by molar-refractivity contribution is 7.08. The lowest BCUT2D eigenvalue weighted by Gasteiger charge is -2.28. The first-order valence-electron chi connectivity index (χ1n) is 10.5. The number of aromatic nitrogens is 2. The normalized spacial score (nSPS) is 15.1. The number of ether oxygens (including phenoxy) is 1. The number of carbonyl (C=O) groups excluding carboxylic acids is 2. The molecule has 1 saturated heterocycles. The number of aryl methyl sites for hydroxylation is 1. The van der Waals surface area contributed by atoms with E-state index in [1.165, 1.54) is 0 Å². The van der Waals surface area contributed by atoms with E-state index in [0.29, 0.717) is 29.6 Å². The Morgan fingerprint density at radius 2 is 2.15 bits per heavy atom. The molecule has 9 heteroatoms. The molecule has 1 unspecified atom stereocenters. The van der Waals surface area contributed by atoms with Gasteiger partial charge in [0, 0.05) is 22.8 Å². The Balaban J connectivity index is 1.43. The number of thiophene rings is 1. The first-order chi connectivity index (χ1) is 16.0. The number of anilines is 1. The van der Waals surface area contributed by atoms with E-state index >= 15 is 0 Å². The van der Waals surface area contributed by atoms with Gasteiger partial charge in [0.1, 0.15) is 18.5 Å². The molecule has 2 aromatic heterocycles. The number of morpholine rings is 1. The molecule has 2 N–H and O–H groups in total. The summed E-state index contributed by atoms with van der Waals surface area (Å²) in [6.07, 6.45) is 0. The maximum absolute atomic E-state index is 13.2. The fraction of sp³-hybridized carbons (Fsp3) is 0.208. The number of fused-ring (bicyclic) bond motifs is 1. The van der Waals surface area contributed by atoms with E-state index in [9.17, 15) is 9.59 Å². The third-order valence-electron chi connectivity index (χ3n) is 5.62. The summed E-state index contributed by atoms with van der Waals surface area (Å²) in [6.45, 7) is 2.97. The predicted molar refractivity (Wildman–Crippen MR) is 129 cm³/mol. The molecule has 0 saturated carbocycles. The van der Waals surface area contributed by atoms with E-state index < -0.39 is 6.04 Å². The van der Waals surface area contributed by atoms with Gasteiger partial charge in [-0.15, -0.1) is 0 Å². The molecular weight excluding hydrogens is 460 g/mol. The molecule has 4 aromatic rings. The van der Waals surface area contributed by atoms with E-state index in [1.807, 2.05) is 35.9 Å². The van der Waals surface area contributed by atoms with Gasteiger partial charge in [0.15, 0.2) is 0 Å². The second-order valence-corrected chi connectivity index (χ2v) is 9.06. The monoisotopic (exact) mass is 480 g/mol. The minimum atomic E-state index is -0.448. The molecule has 1 fully saturated rings. The Bertz CT molecular complexity index is 1330. The number of nitrogens with zero attached hydrogens (tertiary/aromatic N) is 2. The Morgan fingerprint density at radius 1 is 1.27 bits per heavy atom. The lowest BCUT2D eigenvalue weighted by Crippen LogP contribution is -2.42. The summed E-state index contributed by atoms with van der Waals surface area (Å²) >= 11 is 7.66. The molecule has 1 aliphatic rings. The highest BCUT2D eigenvalue weighted by atomic mass is 35.5. The van der Waals surface area contributed by atoms with Crippen molar-refractivity contribution in [3.63, 3.8) is 0 Å². The van der Waals surface area contributed by atoms with Gasteiger partial charge in [0.25, 0.3) is 11.8 Å². The summed E-state index contributed by atoms with van der Waals surface area (Å²) in [7, 11) is 0. The van der Waals surface area contributed by atoms with E-state index in [4.69, 9.17) is 16.3 Å². The van der Waals surface area contributed by atoms with Gasteiger partial charge in [-0.3, -0.25) is 9.59 Å². The minimum Gasteiger partial charge on any atom is -0.370 e. The van der Waals surface area contributed by atoms with Crippen LogP contribution in [0.4, 0.5) is 5.69 Å². The summed E-state index contributed by atoms with van der Waals surface area (Å²) in [5, 5.41) is 7.66. The van der Waals surface area contributed by atoms with Crippen LogP contribution in [-0.4, -0.2) is 41.5 Å². The van der Waals surface area contributed by atoms with Gasteiger partial charge in [-0.25, -0.2) is 4.98 Å². The molecule has 1 aliphatic heterocycles. The molecular formula is C24H21ClN4O3S. The van der Waals surface area contributed by atoms with Gasteiger partial charge in [-0.2, -0.15) is 11.3 Å². The molecule has 0 bridgehead atoms. The molecule has 0 aliphatic carbocycles. The number of benzene rings is 2. The Morgan fingerprint density at radius 3 is 2.91 bits per heavy atom. The number of amides is 2. The van der Waals surface area contributed by atoms with Crippen molar-refractivity contribution in [3.8, 4) is 0 Å². The topological polar surface area (TPSA) is 87.3 Å². The van der Waals surface area contributed by atoms with E-state index in [-0.39, 0.29) is 18.4 Å². The highest BCUT2D eigenvalue weighted by Crippen LogP contribution is 2.27. The van der Waals surface area contributed by atoms with Crippen molar-refractivity contribution in [3.05, 3.63) is 80.8 Å². The van der Waals surface area contributed by atoms with Crippen molar-refractivity contribution in [2.45, 2.75) is 13.0 Å². The Labute approximate surface area is 199 Å². The number of rotatable bonds is 5. The van der Waals surface area contributed by atoms with Gasteiger partial charge in [-0.1, -0.05) is 11.6 Å². The largest absolute Gasteiger partial charge is 0.370 e. The number of hydrogen-bond acceptors (Lipinski definition) is 5. The SMILES string of the molecule is Cc1cc(C(=O)NC(c2ccsc2)c2nc3cc(Cl)ccc3[nH]2)ccc1N1CCOCC1=O. The fourth-order valence-electron chi connectivity index (χ4n) is 3.97. The molecule has 2 amide bonds. The number of hydrogen-bond donors (Lipinski definition) is 2. The van der Waals surface area contributed by atoms with Crippen molar-refractivity contribution in [2.75, 3.05) is 24.7 Å². The number of halogens is 1. The van der Waals surface area contributed by atoms with Crippen molar-refractivity contribution in [2.24, 2.45) is 0 Å². The summed E-state index contributed by atoms with van der Waals surface area (Å²) in [5.41, 5.74) is 4.68. The molecule has 3 heterocycles. The quantitative estimate of drug-likeness (QED) is 0.441. The number of aromatic amines is 1. The zero-order valence-corrected chi connectivity index (χ0v) is 19.4. The lowest BCUT2D eigenvalue weighted by atomic mass is 10.1. The first kappa shape index (κ1) is 21.6. The summed E-state index contributed by atoms with van der Waals surface area (Å²) in [5.74, 6) is 0.322. The predicted octanol–water partition coefficient (Wildman–Crippen LogP) is 4.47. The molecule has 0 spiro atoms. The van der Waals surface area contributed by atoms with Gasteiger partial charge < -0.3 is 19.9 Å². The zero-order chi connectivity index (χ0) is 22.9. The third-order valence-corrected chi connectivity index (χ3v) is 6.56. The number of H-pyrrole nitrogens is 1. The molecule has 2 aromatic carbocycles. The van der Waals surface area contributed by atoms with Crippen LogP contribution in [-0.2, 0) is 9.53 Å². The summed E-state index contributed by atoms with van der Waals surface area (Å²) in [4.78, 5) is 35.1. The second-order valence-electron chi connectivity index (χ2n) is 7.85. The molecule has 0 radical (unpaired) electrons. The average molecular weight is 481 g/mol. The van der Waals surface area contributed by atoms with Crippen LogP contribution in [0.2, 0.25) is 5.02 Å². The minimum absolute atomic E-state index is 0.0761. The standard InChI is InChI=1S/C24H21ClN4O3S/c1-14-10-15(2-5-20(14)29-7-8-32-12-21(29)30)24(31)28-22(16-6-9-33-13-16)23-26-18-4-3-17(25)11-19(18)27-23/h2-6,9-11,13,22H,7-8,12H2,1H3,(H,26,27)(H,28,31). The molecule has 168 valence electrons. The van der Waals surface area contributed by atoms with Crippen LogP contribution in [0.1, 0.15) is 33.4 Å². The van der Waals surface area contributed by atoms with E-state index in [2.05, 4.69) is 15.3 Å². The third kappa shape index (κ3) is 4.37. The van der Waals surface area contributed by atoms with Crippen molar-refractivity contribution in [1.82, 2.24) is 15.3 Å². The zero-order valence-electron chi connectivity index (χ0n) is 17.8. The van der Waals surface area contributed by atoms with Crippen LogP contribution in [0.5, 0.6) is 0 Å². The number of carbonyl (C=O) groups is 2. The Hall–Kier alpha value is -3.20. The van der Waals surface area contributed by atoms with E-state index in [1.54, 1.807) is 40.5 Å². The smallest absolute Gasteiger partial charge is 0.253 e. The van der Waals surface area contributed by atoms with Crippen molar-refractivity contribution in [1.29, 1.82) is 0 Å². The van der Waals surface area contributed by atoms with Crippen LogP contribution < -0.4 is 10.2 Å². The molecule has 7 nitrogen and oxygen atoms in total. The van der Waals surface area contributed by atoms with Crippen molar-refractivity contribution >= 4 is 51.5 Å². The van der Waals surface area contributed by atoms with Crippen LogP contribution >= 0.6 is 22.9 Å². The lowest BCUT2D eigenvalue weighted by molar-refractivity contribution is -0.125. The molecule has 5 rings (SSSR count). The van der Waals surface area contributed by atoms with Crippen LogP contribution in [0.3, 0.4) is 0 Å².